The number of nitrogens with zero attached hydrogens (tertiary/aromatic N) is 4. The maximum absolute atomic E-state index is 13.3. The summed E-state index contributed by atoms with van der Waals surface area (Å²) < 4.78 is 5.76. The van der Waals surface area contributed by atoms with Gasteiger partial charge in [-0.3, -0.25) is 0 Å². The Labute approximate surface area is 180 Å². The van der Waals surface area contributed by atoms with Crippen LogP contribution in [-0.4, -0.2) is 27.2 Å². The Kier molecular flexibility index (Phi) is 4.51. The number of likely N-dealkylation sites (tertiary alicyclic amines) is 1. The Morgan fingerprint density at radius 3 is 2.87 bits per heavy atom. The van der Waals surface area contributed by atoms with Gasteiger partial charge in [0.05, 0.1) is 12.0 Å². The predicted molar refractivity (Wildman–Crippen MR) is 111 cm³/mol. The van der Waals surface area contributed by atoms with E-state index in [1.54, 1.807) is 13.0 Å². The van der Waals surface area contributed by atoms with Crippen LogP contribution in [0, 0.1) is 30.1 Å². The van der Waals surface area contributed by atoms with Gasteiger partial charge < -0.3 is 14.6 Å². The molecule has 1 saturated heterocycles. The molecule has 30 heavy (non-hydrogen) atoms. The molecule has 2 bridgehead atoms. The number of amides is 2. The molecule has 0 unspecified atom stereocenters. The summed E-state index contributed by atoms with van der Waals surface area (Å²) in [5, 5.41) is 21.2. The molecule has 2 saturated carbocycles. The first-order valence-corrected chi connectivity index (χ1v) is 10.9. The van der Waals surface area contributed by atoms with Crippen molar-refractivity contribution in [3.05, 3.63) is 40.6 Å². The third-order valence-corrected chi connectivity index (χ3v) is 7.33. The topological polar surface area (TPSA) is 95.0 Å². The number of nitriles is 1. The van der Waals surface area contributed by atoms with Crippen molar-refractivity contribution in [2.75, 3.05) is 5.32 Å². The van der Waals surface area contributed by atoms with Gasteiger partial charge in [-0.05, 0) is 55.4 Å². The number of hydrogen-bond acceptors (Lipinski definition) is 5. The number of anilines is 1. The second-order valence-corrected chi connectivity index (χ2v) is 9.42. The monoisotopic (exact) mass is 425 g/mol. The molecule has 156 valence electrons. The zero-order chi connectivity index (χ0) is 21.0. The van der Waals surface area contributed by atoms with Crippen molar-refractivity contribution < 1.29 is 9.21 Å². The van der Waals surface area contributed by atoms with Gasteiger partial charge >= 0.3 is 6.03 Å². The van der Waals surface area contributed by atoms with E-state index in [0.717, 1.165) is 37.7 Å². The molecule has 1 N–H and O–H groups in total. The number of rotatable bonds is 3. The van der Waals surface area contributed by atoms with E-state index in [2.05, 4.69) is 28.5 Å². The number of piperidine rings is 1. The van der Waals surface area contributed by atoms with E-state index >= 15 is 0 Å². The minimum absolute atomic E-state index is 0.00582. The number of aryl methyl sites for hydroxylation is 1. The number of nitrogens with one attached hydrogen (secondary N) is 1. The van der Waals surface area contributed by atoms with Gasteiger partial charge in [0.25, 0.3) is 0 Å². The van der Waals surface area contributed by atoms with E-state index in [1.807, 2.05) is 17.0 Å². The van der Waals surface area contributed by atoms with Crippen molar-refractivity contribution in [1.82, 2.24) is 15.1 Å². The highest BCUT2D eigenvalue weighted by Gasteiger charge is 2.62. The average molecular weight is 426 g/mol. The second kappa shape index (κ2) is 6.98. The number of carbonyl (C=O) groups is 1. The van der Waals surface area contributed by atoms with E-state index in [9.17, 15) is 10.1 Å². The van der Waals surface area contributed by atoms with Crippen LogP contribution in [0.1, 0.15) is 62.3 Å². The molecule has 1 aromatic heterocycles. The second-order valence-electron chi connectivity index (χ2n) is 9.02. The highest BCUT2D eigenvalue weighted by molar-refractivity contribution is 6.31. The lowest BCUT2D eigenvalue weighted by Crippen LogP contribution is -2.70. The SMILES string of the molecule is Cc1nnc([C@]23C[C@H](C)C[C@H](C2)N3C(=O)Nc2ccc(Cl)c([C@H]3CC[C@H]3C#N)c2)o1. The van der Waals surface area contributed by atoms with Gasteiger partial charge in [0.15, 0.2) is 0 Å². The average Bonchev–Trinajstić information content (AvgIpc) is 3.10. The lowest BCUT2D eigenvalue weighted by atomic mass is 9.64. The molecule has 2 heterocycles. The molecule has 2 aromatic rings. The first kappa shape index (κ1) is 19.4. The number of hydrogen-bond donors (Lipinski definition) is 1. The minimum atomic E-state index is -0.525. The maximum Gasteiger partial charge on any atom is 0.322 e. The summed E-state index contributed by atoms with van der Waals surface area (Å²) in [5.74, 6) is 1.66. The molecule has 3 aliphatic rings. The summed E-state index contributed by atoms with van der Waals surface area (Å²) in [6, 6.07) is 7.89. The van der Waals surface area contributed by atoms with Crippen LogP contribution in [0.15, 0.2) is 22.6 Å². The number of aromatic nitrogens is 2. The lowest BCUT2D eigenvalue weighted by Gasteiger charge is -2.61. The predicted octanol–water partition coefficient (Wildman–Crippen LogP) is 4.98. The lowest BCUT2D eigenvalue weighted by molar-refractivity contribution is -0.110. The molecular weight excluding hydrogens is 402 g/mol. The van der Waals surface area contributed by atoms with Crippen molar-refractivity contribution in [2.45, 2.75) is 63.5 Å². The zero-order valence-corrected chi connectivity index (χ0v) is 17.8. The number of halogens is 1. The fraction of sp³-hybridized carbons (Fsp3) is 0.545. The highest BCUT2D eigenvalue weighted by atomic mass is 35.5. The van der Waals surface area contributed by atoms with Crippen LogP contribution in [-0.2, 0) is 5.54 Å². The number of carbonyl (C=O) groups excluding carboxylic acids is 1. The first-order chi connectivity index (χ1) is 14.4. The Bertz CT molecular complexity index is 1050. The Hall–Kier alpha value is -2.59. The van der Waals surface area contributed by atoms with Gasteiger partial charge in [0.1, 0.15) is 5.54 Å². The van der Waals surface area contributed by atoms with Crippen molar-refractivity contribution in [3.63, 3.8) is 0 Å². The maximum atomic E-state index is 13.3. The van der Waals surface area contributed by atoms with Crippen molar-refractivity contribution in [3.8, 4) is 6.07 Å². The fourth-order valence-corrected chi connectivity index (χ4v) is 5.81. The molecule has 0 spiro atoms. The third kappa shape index (κ3) is 2.89. The molecule has 2 aliphatic carbocycles. The van der Waals surface area contributed by atoms with E-state index < -0.39 is 5.54 Å². The van der Waals surface area contributed by atoms with Crippen LogP contribution in [0.25, 0.3) is 0 Å². The highest BCUT2D eigenvalue weighted by Crippen LogP contribution is 2.55. The van der Waals surface area contributed by atoms with Crippen LogP contribution in [0.4, 0.5) is 10.5 Å². The van der Waals surface area contributed by atoms with Crippen molar-refractivity contribution >= 4 is 23.3 Å². The molecule has 1 aromatic carbocycles. The molecule has 3 fully saturated rings. The summed E-state index contributed by atoms with van der Waals surface area (Å²) in [5.41, 5.74) is 1.10. The molecule has 5 rings (SSSR count). The van der Waals surface area contributed by atoms with Crippen LogP contribution in [0.2, 0.25) is 5.02 Å². The first-order valence-electron chi connectivity index (χ1n) is 10.5. The van der Waals surface area contributed by atoms with E-state index in [-0.39, 0.29) is 23.9 Å². The summed E-state index contributed by atoms with van der Waals surface area (Å²) in [4.78, 5) is 15.2. The standard InChI is InChI=1S/C22H24ClN5O2/c1-12-7-16-10-22(9-12,20-27-26-13(2)30-20)28(16)21(29)25-15-4-6-19(23)18(8-15)17-5-3-14(17)11-24/h4,6,8,12,14,16-17H,3,5,7,9-10H2,1-2H3,(H,25,29)/t12-,14+,16-,17+,22+/m1/s1. The Balaban J connectivity index is 1.40. The summed E-state index contributed by atoms with van der Waals surface area (Å²) in [6.07, 6.45) is 4.48. The Morgan fingerprint density at radius 2 is 2.20 bits per heavy atom. The van der Waals surface area contributed by atoms with Crippen LogP contribution >= 0.6 is 11.6 Å². The molecule has 5 atom stereocenters. The normalized spacial score (nSPS) is 32.0. The largest absolute Gasteiger partial charge is 0.423 e. The molecule has 1 aliphatic heterocycles. The minimum Gasteiger partial charge on any atom is -0.423 e. The van der Waals surface area contributed by atoms with Gasteiger partial charge in [-0.15, -0.1) is 10.2 Å². The van der Waals surface area contributed by atoms with Gasteiger partial charge in [-0.25, -0.2) is 4.79 Å². The number of fused-ring (bicyclic) bond motifs is 2. The van der Waals surface area contributed by atoms with E-state index in [0.29, 0.717) is 28.4 Å². The molecular formula is C22H24ClN5O2. The van der Waals surface area contributed by atoms with Crippen LogP contribution in [0.3, 0.4) is 0 Å². The fourth-order valence-electron chi connectivity index (χ4n) is 5.55. The van der Waals surface area contributed by atoms with Gasteiger partial charge in [-0.1, -0.05) is 18.5 Å². The molecule has 7 nitrogen and oxygen atoms in total. The van der Waals surface area contributed by atoms with Gasteiger partial charge in [0, 0.05) is 36.0 Å². The van der Waals surface area contributed by atoms with Crippen LogP contribution in [0.5, 0.6) is 0 Å². The smallest absolute Gasteiger partial charge is 0.322 e. The Morgan fingerprint density at radius 1 is 1.37 bits per heavy atom. The zero-order valence-electron chi connectivity index (χ0n) is 17.1. The third-order valence-electron chi connectivity index (χ3n) is 6.99. The molecule has 2 amide bonds. The molecule has 0 radical (unpaired) electrons. The van der Waals surface area contributed by atoms with E-state index in [1.165, 1.54) is 0 Å². The number of urea groups is 1. The summed E-state index contributed by atoms with van der Waals surface area (Å²) in [6.45, 7) is 3.97. The number of benzene rings is 1. The summed E-state index contributed by atoms with van der Waals surface area (Å²) in [7, 11) is 0. The van der Waals surface area contributed by atoms with Gasteiger partial charge in [0.2, 0.25) is 11.8 Å². The van der Waals surface area contributed by atoms with Crippen molar-refractivity contribution in [2.24, 2.45) is 11.8 Å². The van der Waals surface area contributed by atoms with Gasteiger partial charge in [-0.2, -0.15) is 5.26 Å². The molecule has 8 heteroatoms. The summed E-state index contributed by atoms with van der Waals surface area (Å²) >= 11 is 6.40. The van der Waals surface area contributed by atoms with Crippen LogP contribution < -0.4 is 5.32 Å². The van der Waals surface area contributed by atoms with E-state index in [4.69, 9.17) is 16.0 Å². The van der Waals surface area contributed by atoms with Crippen molar-refractivity contribution in [1.29, 1.82) is 5.26 Å². The quantitative estimate of drug-likeness (QED) is 0.748.